The number of unbranched alkanes of at least 4 members (excludes halogenated alkanes) is 18. The number of esters is 6. The number of rotatable bonds is 36. The first-order chi connectivity index (χ1) is 28.2. The SMILES string of the molecule is CCCCCCCCCCCCOC(=O)CC(O)(CC(=O)O)C(=O)OC(=O)CC(C(=O)OC(=O)C(O)(CC(=O)O)CC(=O)OCCCCCCCCCCCC)S(=O)(=O)O.[NaH].[NaH]. The van der Waals surface area contributed by atoms with E-state index in [0.717, 1.165) is 77.0 Å². The van der Waals surface area contributed by atoms with Crippen LogP contribution >= 0.6 is 0 Å². The van der Waals surface area contributed by atoms with Crippen LogP contribution < -0.4 is 0 Å². The second-order valence-electron chi connectivity index (χ2n) is 15.0. The first-order valence-electron chi connectivity index (χ1n) is 20.9. The Morgan fingerprint density at radius 2 is 0.790 bits per heavy atom. The van der Waals surface area contributed by atoms with Crippen molar-refractivity contribution in [3.63, 3.8) is 0 Å². The van der Waals surface area contributed by atoms with Crippen LogP contribution in [0, 0.1) is 0 Å². The van der Waals surface area contributed by atoms with Gasteiger partial charge < -0.3 is 39.4 Å². The molecule has 0 saturated carbocycles. The molecular formula is C40H68Na2O19S. The third-order valence-corrected chi connectivity index (χ3v) is 10.5. The Morgan fingerprint density at radius 3 is 1.10 bits per heavy atom. The molecule has 0 aromatic rings. The summed E-state index contributed by atoms with van der Waals surface area (Å²) in [5.74, 6) is -14.8. The fourth-order valence-corrected chi connectivity index (χ4v) is 6.64. The zero-order valence-electron chi connectivity index (χ0n) is 35.0. The van der Waals surface area contributed by atoms with E-state index in [2.05, 4.69) is 23.3 Å². The number of carboxylic acids is 2. The van der Waals surface area contributed by atoms with Crippen LogP contribution in [0.25, 0.3) is 0 Å². The standard InChI is InChI=1S/C40H66O19S.2Na.2H/c1-3-5-7-9-11-13-15-17-19-21-23-56-34(46)28-39(51,26-31(41)42)37(49)58-33(45)25-30(60(53,54)55)36(48)59-38(50)40(52,27-32(43)44)29-35(47)57-24-22-20-18-16-14-12-10-8-6-4-2;;;;/h30,51-52H,3-29H2,1-2H3,(H,41,42)(H,43,44)(H,53,54,55);;;;. The molecule has 0 amide bonds. The van der Waals surface area contributed by atoms with Gasteiger partial charge >= 0.3 is 107 Å². The third kappa shape index (κ3) is 31.0. The fraction of sp³-hybridized carbons (Fsp3) is 0.800. The summed E-state index contributed by atoms with van der Waals surface area (Å²) in [6, 6.07) is 0. The Hall–Kier alpha value is -2.01. The van der Waals surface area contributed by atoms with Gasteiger partial charge in [0.25, 0.3) is 10.1 Å². The van der Waals surface area contributed by atoms with E-state index in [1.807, 2.05) is 0 Å². The fourth-order valence-electron chi connectivity index (χ4n) is 6.00. The van der Waals surface area contributed by atoms with Crippen molar-refractivity contribution in [3.8, 4) is 0 Å². The number of ether oxygens (including phenoxy) is 4. The second kappa shape index (κ2) is 36.2. The van der Waals surface area contributed by atoms with Gasteiger partial charge in [0.1, 0.15) is 0 Å². The van der Waals surface area contributed by atoms with E-state index in [0.29, 0.717) is 25.7 Å². The first kappa shape index (κ1) is 64.3. The van der Waals surface area contributed by atoms with E-state index >= 15 is 0 Å². The molecule has 5 N–H and O–H groups in total. The summed E-state index contributed by atoms with van der Waals surface area (Å²) >= 11 is 0. The van der Waals surface area contributed by atoms with Crippen LogP contribution in [0.5, 0.6) is 0 Å². The van der Waals surface area contributed by atoms with Crippen LogP contribution in [0.2, 0.25) is 0 Å². The molecule has 0 bridgehead atoms. The number of aliphatic carboxylic acids is 2. The van der Waals surface area contributed by atoms with Crippen LogP contribution in [-0.4, -0.2) is 170 Å². The Bertz CT molecular complexity index is 1490. The van der Waals surface area contributed by atoms with Gasteiger partial charge in [-0.1, -0.05) is 129 Å². The maximum atomic E-state index is 12.8. The number of carboxylic acid groups (broad SMARTS) is 2. The van der Waals surface area contributed by atoms with Crippen molar-refractivity contribution < 1.29 is 90.7 Å². The van der Waals surface area contributed by atoms with Gasteiger partial charge in [0.15, 0.2) is 16.5 Å². The first-order valence-corrected chi connectivity index (χ1v) is 22.4. The summed E-state index contributed by atoms with van der Waals surface area (Å²) in [7, 11) is -5.72. The van der Waals surface area contributed by atoms with Gasteiger partial charge in [-0.15, -0.1) is 0 Å². The number of hydrogen-bond acceptors (Lipinski definition) is 16. The molecule has 3 unspecified atom stereocenters. The van der Waals surface area contributed by atoms with Crippen molar-refractivity contribution in [2.24, 2.45) is 0 Å². The average Bonchev–Trinajstić information content (AvgIpc) is 3.13. The Labute approximate surface area is 408 Å². The van der Waals surface area contributed by atoms with E-state index in [4.69, 9.17) is 9.47 Å². The molecule has 62 heavy (non-hydrogen) atoms. The molecule has 19 nitrogen and oxygen atoms in total. The van der Waals surface area contributed by atoms with Crippen LogP contribution in [0.15, 0.2) is 0 Å². The molecule has 0 rings (SSSR count). The van der Waals surface area contributed by atoms with E-state index in [1.54, 1.807) is 0 Å². The third-order valence-electron chi connectivity index (χ3n) is 9.42. The van der Waals surface area contributed by atoms with Gasteiger partial charge in [-0.3, -0.25) is 33.3 Å². The van der Waals surface area contributed by atoms with E-state index in [9.17, 15) is 71.8 Å². The quantitative estimate of drug-likeness (QED) is 0.0150. The van der Waals surface area contributed by atoms with Crippen molar-refractivity contribution in [2.75, 3.05) is 13.2 Å². The van der Waals surface area contributed by atoms with Gasteiger partial charge in [-0.2, -0.15) is 8.42 Å². The molecule has 0 aromatic carbocycles. The Kier molecular flexibility index (Phi) is 37.6. The summed E-state index contributed by atoms with van der Waals surface area (Å²) in [6.45, 7) is 3.98. The van der Waals surface area contributed by atoms with Gasteiger partial charge in [-0.05, 0) is 12.8 Å². The average molecular weight is 931 g/mol. The normalized spacial score (nSPS) is 13.4. The number of carbonyl (C=O) groups is 8. The van der Waals surface area contributed by atoms with E-state index < -0.39 is 106 Å². The molecule has 0 aliphatic rings. The van der Waals surface area contributed by atoms with Crippen molar-refractivity contribution >= 4 is 117 Å². The minimum atomic E-state index is -5.72. The topological polar surface area (TPSA) is 309 Å². The van der Waals surface area contributed by atoms with E-state index in [-0.39, 0.29) is 72.3 Å². The van der Waals surface area contributed by atoms with Crippen molar-refractivity contribution in [3.05, 3.63) is 0 Å². The van der Waals surface area contributed by atoms with Crippen LogP contribution in [-0.2, 0) is 67.4 Å². The zero-order valence-corrected chi connectivity index (χ0v) is 35.8. The van der Waals surface area contributed by atoms with Gasteiger partial charge in [-0.25, -0.2) is 9.59 Å². The van der Waals surface area contributed by atoms with Gasteiger partial charge in [0.05, 0.1) is 45.3 Å². The van der Waals surface area contributed by atoms with Crippen molar-refractivity contribution in [1.29, 1.82) is 0 Å². The molecular weight excluding hydrogens is 862 g/mol. The van der Waals surface area contributed by atoms with Crippen molar-refractivity contribution in [2.45, 2.75) is 191 Å². The summed E-state index contributed by atoms with van der Waals surface area (Å²) in [5.41, 5.74) is -6.53. The number of carbonyl (C=O) groups excluding carboxylic acids is 6. The summed E-state index contributed by atoms with van der Waals surface area (Å²) in [5, 5.41) is 36.8. The minimum absolute atomic E-state index is 0. The molecule has 0 heterocycles. The molecule has 0 aromatic heterocycles. The molecule has 0 aliphatic heterocycles. The molecule has 22 heteroatoms. The number of hydrogen-bond donors (Lipinski definition) is 5. The zero-order chi connectivity index (χ0) is 45.6. The molecule has 350 valence electrons. The molecule has 0 aliphatic carbocycles. The van der Waals surface area contributed by atoms with Crippen LogP contribution in [0.3, 0.4) is 0 Å². The van der Waals surface area contributed by atoms with Crippen LogP contribution in [0.4, 0.5) is 0 Å². The van der Waals surface area contributed by atoms with Crippen molar-refractivity contribution in [1.82, 2.24) is 0 Å². The predicted molar refractivity (Wildman–Crippen MR) is 226 cm³/mol. The monoisotopic (exact) mass is 930 g/mol. The Morgan fingerprint density at radius 1 is 0.484 bits per heavy atom. The van der Waals surface area contributed by atoms with Crippen LogP contribution in [0.1, 0.15) is 174 Å². The molecule has 0 spiro atoms. The maximum absolute atomic E-state index is 12.8. The molecule has 0 fully saturated rings. The van der Waals surface area contributed by atoms with E-state index in [1.165, 1.54) is 25.7 Å². The second-order valence-corrected chi connectivity index (χ2v) is 16.6. The molecule has 3 atom stereocenters. The molecule has 0 saturated heterocycles. The van der Waals surface area contributed by atoms with Gasteiger partial charge in [0.2, 0.25) is 0 Å². The Balaban J connectivity index is -0.0000174. The summed E-state index contributed by atoms with van der Waals surface area (Å²) < 4.78 is 52.2. The molecule has 0 radical (unpaired) electrons. The number of aliphatic hydroxyl groups is 2. The predicted octanol–water partition coefficient (Wildman–Crippen LogP) is 3.60. The summed E-state index contributed by atoms with van der Waals surface area (Å²) in [4.78, 5) is 98.4. The van der Waals surface area contributed by atoms with Gasteiger partial charge in [0, 0.05) is 0 Å². The summed E-state index contributed by atoms with van der Waals surface area (Å²) in [6.07, 6.45) is 12.1.